The fraction of sp³-hybridized carbons (Fsp3) is 0.0526. The molecule has 24 heavy (non-hydrogen) atoms. The van der Waals surface area contributed by atoms with Crippen molar-refractivity contribution in [2.75, 3.05) is 4.72 Å². The SMILES string of the molecule is O=S(=O)(Nc1ccc(OCc2ccccc2)cc1)c1ccccc1. The molecule has 0 aliphatic rings. The third-order valence-electron chi connectivity index (χ3n) is 3.41. The molecule has 3 rings (SSSR count). The van der Waals surface area contributed by atoms with Gasteiger partial charge in [0.2, 0.25) is 0 Å². The maximum atomic E-state index is 12.3. The first-order valence-electron chi connectivity index (χ1n) is 7.48. The van der Waals surface area contributed by atoms with Crippen molar-refractivity contribution in [2.45, 2.75) is 11.5 Å². The van der Waals surface area contributed by atoms with Crippen molar-refractivity contribution in [3.8, 4) is 5.75 Å². The van der Waals surface area contributed by atoms with Crippen LogP contribution in [0.3, 0.4) is 0 Å². The zero-order valence-electron chi connectivity index (χ0n) is 12.9. The van der Waals surface area contributed by atoms with E-state index in [0.29, 0.717) is 18.0 Å². The summed E-state index contributed by atoms with van der Waals surface area (Å²) in [5, 5.41) is 0. The van der Waals surface area contributed by atoms with E-state index in [1.165, 1.54) is 0 Å². The standard InChI is InChI=1S/C19H17NO3S/c21-24(22,19-9-5-2-6-10-19)20-17-11-13-18(14-12-17)23-15-16-7-3-1-4-8-16/h1-14,20H,15H2. The predicted molar refractivity (Wildman–Crippen MR) is 94.5 cm³/mol. The molecule has 0 spiro atoms. The molecule has 0 atom stereocenters. The Morgan fingerprint density at radius 2 is 1.33 bits per heavy atom. The third-order valence-corrected chi connectivity index (χ3v) is 4.81. The number of nitrogens with one attached hydrogen (secondary N) is 1. The second-order valence-corrected chi connectivity index (χ2v) is 6.90. The number of sulfonamides is 1. The molecule has 3 aromatic rings. The first kappa shape index (κ1) is 16.1. The smallest absolute Gasteiger partial charge is 0.261 e. The van der Waals surface area contributed by atoms with Gasteiger partial charge < -0.3 is 4.74 Å². The summed E-state index contributed by atoms with van der Waals surface area (Å²) in [6, 6.07) is 25.0. The van der Waals surface area contributed by atoms with Crippen LogP contribution >= 0.6 is 0 Å². The molecule has 5 heteroatoms. The Kier molecular flexibility index (Phi) is 4.82. The van der Waals surface area contributed by atoms with Gasteiger partial charge in [-0.15, -0.1) is 0 Å². The van der Waals surface area contributed by atoms with E-state index in [9.17, 15) is 8.42 Å². The van der Waals surface area contributed by atoms with Gasteiger partial charge in [-0.25, -0.2) is 8.42 Å². The second-order valence-electron chi connectivity index (χ2n) is 5.22. The molecule has 0 saturated carbocycles. The van der Waals surface area contributed by atoms with Gasteiger partial charge in [-0.05, 0) is 42.0 Å². The van der Waals surface area contributed by atoms with E-state index in [2.05, 4.69) is 4.72 Å². The van der Waals surface area contributed by atoms with E-state index in [-0.39, 0.29) is 4.90 Å². The molecule has 0 bridgehead atoms. The Morgan fingerprint density at radius 3 is 1.96 bits per heavy atom. The molecule has 0 heterocycles. The average molecular weight is 339 g/mol. The average Bonchev–Trinajstić information content (AvgIpc) is 2.62. The van der Waals surface area contributed by atoms with Crippen molar-refractivity contribution in [3.63, 3.8) is 0 Å². The quantitative estimate of drug-likeness (QED) is 0.736. The summed E-state index contributed by atoms with van der Waals surface area (Å²) in [7, 11) is -3.57. The highest BCUT2D eigenvalue weighted by Crippen LogP contribution is 2.20. The van der Waals surface area contributed by atoms with Crippen LogP contribution in [0.2, 0.25) is 0 Å². The Hall–Kier alpha value is -2.79. The van der Waals surface area contributed by atoms with E-state index in [0.717, 1.165) is 5.56 Å². The zero-order valence-corrected chi connectivity index (χ0v) is 13.7. The minimum atomic E-state index is -3.57. The molecule has 0 saturated heterocycles. The highest BCUT2D eigenvalue weighted by Gasteiger charge is 2.13. The van der Waals surface area contributed by atoms with Crippen molar-refractivity contribution in [3.05, 3.63) is 90.5 Å². The van der Waals surface area contributed by atoms with Gasteiger partial charge in [-0.3, -0.25) is 4.72 Å². The topological polar surface area (TPSA) is 55.4 Å². The maximum absolute atomic E-state index is 12.3. The molecule has 0 amide bonds. The fourth-order valence-corrected chi connectivity index (χ4v) is 3.25. The van der Waals surface area contributed by atoms with Gasteiger partial charge in [0.1, 0.15) is 12.4 Å². The summed E-state index contributed by atoms with van der Waals surface area (Å²) in [6.07, 6.45) is 0. The van der Waals surface area contributed by atoms with Gasteiger partial charge in [0.05, 0.1) is 4.90 Å². The van der Waals surface area contributed by atoms with E-state index < -0.39 is 10.0 Å². The number of benzene rings is 3. The van der Waals surface area contributed by atoms with Crippen molar-refractivity contribution < 1.29 is 13.2 Å². The molecule has 0 aliphatic carbocycles. The van der Waals surface area contributed by atoms with Crippen LogP contribution in [0.4, 0.5) is 5.69 Å². The maximum Gasteiger partial charge on any atom is 0.261 e. The van der Waals surface area contributed by atoms with Crippen LogP contribution in [-0.4, -0.2) is 8.42 Å². The van der Waals surface area contributed by atoms with Gasteiger partial charge in [0, 0.05) is 5.69 Å². The number of ether oxygens (including phenoxy) is 1. The molecule has 0 aromatic heterocycles. The minimum absolute atomic E-state index is 0.231. The summed E-state index contributed by atoms with van der Waals surface area (Å²) < 4.78 is 32.7. The van der Waals surface area contributed by atoms with Crippen LogP contribution in [0.5, 0.6) is 5.75 Å². The molecule has 122 valence electrons. The third kappa shape index (κ3) is 4.14. The van der Waals surface area contributed by atoms with Crippen LogP contribution in [0.1, 0.15) is 5.56 Å². The van der Waals surface area contributed by atoms with Gasteiger partial charge in [-0.1, -0.05) is 48.5 Å². The van der Waals surface area contributed by atoms with Crippen LogP contribution in [-0.2, 0) is 16.6 Å². The number of hydrogen-bond donors (Lipinski definition) is 1. The van der Waals surface area contributed by atoms with E-state index in [1.54, 1.807) is 54.6 Å². The molecule has 0 fully saturated rings. The monoisotopic (exact) mass is 339 g/mol. The van der Waals surface area contributed by atoms with Crippen LogP contribution in [0, 0.1) is 0 Å². The number of rotatable bonds is 6. The lowest BCUT2D eigenvalue weighted by Crippen LogP contribution is -2.12. The Bertz CT molecular complexity index is 877. The normalized spacial score (nSPS) is 11.0. The first-order chi connectivity index (χ1) is 11.6. The second kappa shape index (κ2) is 7.19. The Morgan fingerprint density at radius 1 is 0.750 bits per heavy atom. The van der Waals surface area contributed by atoms with Gasteiger partial charge in [0.15, 0.2) is 0 Å². The molecule has 1 N–H and O–H groups in total. The van der Waals surface area contributed by atoms with Gasteiger partial charge in [-0.2, -0.15) is 0 Å². The lowest BCUT2D eigenvalue weighted by atomic mass is 10.2. The van der Waals surface area contributed by atoms with Crippen molar-refractivity contribution in [2.24, 2.45) is 0 Å². The van der Waals surface area contributed by atoms with Crippen LogP contribution in [0.25, 0.3) is 0 Å². The van der Waals surface area contributed by atoms with E-state index >= 15 is 0 Å². The van der Waals surface area contributed by atoms with E-state index in [4.69, 9.17) is 4.74 Å². The lowest BCUT2D eigenvalue weighted by Gasteiger charge is -2.10. The Balaban J connectivity index is 1.64. The Labute approximate surface area is 141 Å². The van der Waals surface area contributed by atoms with Crippen molar-refractivity contribution in [1.82, 2.24) is 0 Å². The van der Waals surface area contributed by atoms with Crippen molar-refractivity contribution in [1.29, 1.82) is 0 Å². The summed E-state index contributed by atoms with van der Waals surface area (Å²) in [4.78, 5) is 0.231. The van der Waals surface area contributed by atoms with E-state index in [1.807, 2.05) is 30.3 Å². The fourth-order valence-electron chi connectivity index (χ4n) is 2.17. The summed E-state index contributed by atoms with van der Waals surface area (Å²) >= 11 is 0. The predicted octanol–water partition coefficient (Wildman–Crippen LogP) is 4.07. The number of anilines is 1. The summed E-state index contributed by atoms with van der Waals surface area (Å²) in [5.74, 6) is 0.682. The number of hydrogen-bond acceptors (Lipinski definition) is 3. The van der Waals surface area contributed by atoms with Crippen LogP contribution in [0.15, 0.2) is 89.8 Å². The summed E-state index contributed by atoms with van der Waals surface area (Å²) in [5.41, 5.74) is 1.57. The first-order valence-corrected chi connectivity index (χ1v) is 8.96. The summed E-state index contributed by atoms with van der Waals surface area (Å²) in [6.45, 7) is 0.468. The molecular formula is C19H17NO3S. The molecule has 4 nitrogen and oxygen atoms in total. The lowest BCUT2D eigenvalue weighted by molar-refractivity contribution is 0.306. The molecule has 0 unspecified atom stereocenters. The molecular weight excluding hydrogens is 322 g/mol. The minimum Gasteiger partial charge on any atom is -0.489 e. The highest BCUT2D eigenvalue weighted by molar-refractivity contribution is 7.92. The zero-order chi connectivity index (χ0) is 16.8. The molecule has 3 aromatic carbocycles. The highest BCUT2D eigenvalue weighted by atomic mass is 32.2. The van der Waals surface area contributed by atoms with Gasteiger partial charge in [0.25, 0.3) is 10.0 Å². The van der Waals surface area contributed by atoms with Crippen LogP contribution < -0.4 is 9.46 Å². The molecule has 0 radical (unpaired) electrons. The van der Waals surface area contributed by atoms with Crippen molar-refractivity contribution >= 4 is 15.7 Å². The molecule has 0 aliphatic heterocycles. The largest absolute Gasteiger partial charge is 0.489 e. The van der Waals surface area contributed by atoms with Gasteiger partial charge >= 0.3 is 0 Å².